The summed E-state index contributed by atoms with van der Waals surface area (Å²) in [6.45, 7) is 4.08. The molecule has 8 heteroatoms. The van der Waals surface area contributed by atoms with E-state index in [1.807, 2.05) is 26.0 Å². The number of carbonyl (C=O) groups is 2. The van der Waals surface area contributed by atoms with E-state index in [2.05, 4.69) is 0 Å². The monoisotopic (exact) mass is 431 g/mol. The van der Waals surface area contributed by atoms with E-state index in [0.29, 0.717) is 22.4 Å². The standard InChI is InChI=1S/C24H21N3O5/c1-11(2)12-7-8-15-17(9-12)32-21-14-6-4-3-5-13(14)20(29)24(15,21)16-10-27(31)22(25)18(19(16)28)23(26)30/h3-11,21,28H,25H2,1-2H3,(H2,26,30). The maximum Gasteiger partial charge on any atom is 0.292 e. The number of aromatic nitrogens is 1. The molecule has 0 fully saturated rings. The normalized spacial score (nSPS) is 20.6. The van der Waals surface area contributed by atoms with Gasteiger partial charge in [0.2, 0.25) is 0 Å². The summed E-state index contributed by atoms with van der Waals surface area (Å²) in [5.41, 5.74) is 11.5. The Balaban J connectivity index is 1.89. The Bertz CT molecular complexity index is 1330. The fraction of sp³-hybridized carbons (Fsp3) is 0.208. The molecule has 5 N–H and O–H groups in total. The number of ketones is 1. The Hall–Kier alpha value is -4.07. The Labute approximate surface area is 183 Å². The first-order chi connectivity index (χ1) is 15.2. The highest BCUT2D eigenvalue weighted by Gasteiger charge is 2.63. The molecule has 2 aromatic carbocycles. The number of hydrogen-bond acceptors (Lipinski definition) is 6. The fourth-order valence-corrected chi connectivity index (χ4v) is 4.92. The van der Waals surface area contributed by atoms with Crippen LogP contribution in [-0.2, 0) is 5.41 Å². The summed E-state index contributed by atoms with van der Waals surface area (Å²) in [5, 5.41) is 23.7. The van der Waals surface area contributed by atoms with Crippen LogP contribution >= 0.6 is 0 Å². The number of carbonyl (C=O) groups excluding carboxylic acids is 2. The summed E-state index contributed by atoms with van der Waals surface area (Å²) in [5.74, 6) is -1.85. The minimum atomic E-state index is -1.57. The minimum Gasteiger partial charge on any atom is -0.711 e. The van der Waals surface area contributed by atoms with Crippen molar-refractivity contribution in [1.82, 2.24) is 0 Å². The molecular weight excluding hydrogens is 410 g/mol. The predicted octanol–water partition coefficient (Wildman–Crippen LogP) is 2.45. The number of nitrogens with two attached hydrogens (primary N) is 2. The van der Waals surface area contributed by atoms with E-state index in [1.54, 1.807) is 30.3 Å². The SMILES string of the molecule is CC(C)c1ccc2c(c1)OC1c3ccccc3C(=O)C21c1c[n+]([O-])c(N)c(C(N)=O)c1O. The fourth-order valence-electron chi connectivity index (χ4n) is 4.92. The van der Waals surface area contributed by atoms with Crippen molar-refractivity contribution in [2.75, 3.05) is 5.73 Å². The topological polar surface area (TPSA) is 143 Å². The molecule has 1 aromatic heterocycles. The number of hydrogen-bond donors (Lipinski definition) is 3. The number of nitrogen functional groups attached to an aromatic ring is 1. The molecule has 2 heterocycles. The average molecular weight is 431 g/mol. The van der Waals surface area contributed by atoms with Crippen molar-refractivity contribution in [3.63, 3.8) is 0 Å². The zero-order chi connectivity index (χ0) is 22.9. The van der Waals surface area contributed by atoms with E-state index in [9.17, 15) is 19.9 Å². The first-order valence-corrected chi connectivity index (χ1v) is 10.2. The minimum absolute atomic E-state index is 0.0715. The van der Waals surface area contributed by atoms with E-state index >= 15 is 0 Å². The number of aromatic hydroxyl groups is 1. The maximum absolute atomic E-state index is 14.0. The number of Topliss-reactive ketones (excluding diaryl/α,β-unsaturated/α-hetero) is 1. The highest BCUT2D eigenvalue weighted by molar-refractivity contribution is 6.13. The van der Waals surface area contributed by atoms with Gasteiger partial charge in [0.05, 0.1) is 5.56 Å². The van der Waals surface area contributed by atoms with E-state index in [4.69, 9.17) is 16.2 Å². The molecule has 2 atom stereocenters. The van der Waals surface area contributed by atoms with Gasteiger partial charge in [0.25, 0.3) is 11.7 Å². The van der Waals surface area contributed by atoms with E-state index in [0.717, 1.165) is 11.8 Å². The molecular formula is C24H21N3O5. The summed E-state index contributed by atoms with van der Waals surface area (Å²) in [4.78, 5) is 26.0. The summed E-state index contributed by atoms with van der Waals surface area (Å²) in [6, 6.07) is 12.5. The van der Waals surface area contributed by atoms with Gasteiger partial charge in [0.1, 0.15) is 29.2 Å². The number of primary amides is 1. The molecule has 0 bridgehead atoms. The second-order valence-corrected chi connectivity index (χ2v) is 8.47. The van der Waals surface area contributed by atoms with Gasteiger partial charge >= 0.3 is 0 Å². The van der Waals surface area contributed by atoms with Gasteiger partial charge in [-0.25, -0.2) is 4.73 Å². The Morgan fingerprint density at radius 2 is 1.94 bits per heavy atom. The quantitative estimate of drug-likeness (QED) is 0.429. The van der Waals surface area contributed by atoms with Gasteiger partial charge in [0, 0.05) is 16.7 Å². The Morgan fingerprint density at radius 3 is 2.62 bits per heavy atom. The number of amides is 1. The number of anilines is 1. The van der Waals surface area contributed by atoms with Crippen LogP contribution in [0.1, 0.15) is 68.8 Å². The van der Waals surface area contributed by atoms with E-state index < -0.39 is 34.6 Å². The van der Waals surface area contributed by atoms with Crippen molar-refractivity contribution in [2.45, 2.75) is 31.3 Å². The number of benzene rings is 2. The van der Waals surface area contributed by atoms with Crippen LogP contribution in [-0.4, -0.2) is 16.8 Å². The molecule has 2 aliphatic rings. The third kappa shape index (κ3) is 2.29. The number of pyridine rings is 1. The smallest absolute Gasteiger partial charge is 0.292 e. The second kappa shape index (κ2) is 6.46. The number of rotatable bonds is 3. The van der Waals surface area contributed by atoms with Crippen LogP contribution in [0.15, 0.2) is 48.7 Å². The molecule has 32 heavy (non-hydrogen) atoms. The summed E-state index contributed by atoms with van der Waals surface area (Å²) >= 11 is 0. The first kappa shape index (κ1) is 19.9. The van der Waals surface area contributed by atoms with Crippen LogP contribution in [0.25, 0.3) is 0 Å². The van der Waals surface area contributed by atoms with Crippen molar-refractivity contribution in [2.24, 2.45) is 5.73 Å². The lowest BCUT2D eigenvalue weighted by Crippen LogP contribution is -2.41. The Kier molecular flexibility index (Phi) is 4.01. The Morgan fingerprint density at radius 1 is 1.22 bits per heavy atom. The number of fused-ring (bicyclic) bond motifs is 5. The van der Waals surface area contributed by atoms with Crippen molar-refractivity contribution < 1.29 is 24.2 Å². The first-order valence-electron chi connectivity index (χ1n) is 10.2. The van der Waals surface area contributed by atoms with Crippen molar-refractivity contribution in [1.29, 1.82) is 0 Å². The van der Waals surface area contributed by atoms with Crippen LogP contribution in [0.4, 0.5) is 5.82 Å². The highest BCUT2D eigenvalue weighted by Crippen LogP contribution is 2.61. The summed E-state index contributed by atoms with van der Waals surface area (Å²) in [6.07, 6.45) is 0.196. The summed E-state index contributed by atoms with van der Waals surface area (Å²) < 4.78 is 6.56. The largest absolute Gasteiger partial charge is 0.711 e. The van der Waals surface area contributed by atoms with Gasteiger partial charge in [-0.05, 0) is 17.5 Å². The predicted molar refractivity (Wildman–Crippen MR) is 115 cm³/mol. The van der Waals surface area contributed by atoms with Gasteiger partial charge < -0.3 is 20.8 Å². The lowest BCUT2D eigenvalue weighted by Gasteiger charge is -2.29. The molecule has 8 nitrogen and oxygen atoms in total. The van der Waals surface area contributed by atoms with E-state index in [1.165, 1.54) is 0 Å². The second-order valence-electron chi connectivity index (χ2n) is 8.47. The van der Waals surface area contributed by atoms with Gasteiger partial charge in [-0.15, -0.1) is 0 Å². The van der Waals surface area contributed by atoms with E-state index in [-0.39, 0.29) is 22.0 Å². The van der Waals surface area contributed by atoms with Crippen molar-refractivity contribution in [3.05, 3.63) is 87.2 Å². The number of nitrogens with zero attached hydrogens (tertiary/aromatic N) is 1. The van der Waals surface area contributed by atoms with Crippen LogP contribution in [0.2, 0.25) is 0 Å². The molecule has 0 saturated heterocycles. The van der Waals surface area contributed by atoms with Crippen molar-refractivity contribution >= 4 is 17.5 Å². The molecule has 1 aliphatic heterocycles. The molecule has 162 valence electrons. The molecule has 1 amide bonds. The molecule has 2 unspecified atom stereocenters. The molecule has 3 aromatic rings. The lowest BCUT2D eigenvalue weighted by molar-refractivity contribution is -0.590. The van der Waals surface area contributed by atoms with Gasteiger partial charge in [-0.3, -0.25) is 15.3 Å². The third-order valence-electron chi connectivity index (χ3n) is 6.48. The van der Waals surface area contributed by atoms with Crippen LogP contribution in [0, 0.1) is 5.21 Å². The molecule has 5 rings (SSSR count). The molecule has 1 aliphatic carbocycles. The molecule has 0 spiro atoms. The highest BCUT2D eigenvalue weighted by atomic mass is 16.5. The maximum atomic E-state index is 14.0. The zero-order valence-electron chi connectivity index (χ0n) is 17.5. The van der Waals surface area contributed by atoms with Gasteiger partial charge in [0.15, 0.2) is 11.3 Å². The lowest BCUT2D eigenvalue weighted by atomic mass is 9.70. The van der Waals surface area contributed by atoms with Crippen LogP contribution < -0.4 is 20.9 Å². The molecule has 0 radical (unpaired) electrons. The third-order valence-corrected chi connectivity index (χ3v) is 6.48. The average Bonchev–Trinajstić information content (AvgIpc) is 3.21. The van der Waals surface area contributed by atoms with Crippen LogP contribution in [0.3, 0.4) is 0 Å². The number of ether oxygens (including phenoxy) is 1. The van der Waals surface area contributed by atoms with Crippen molar-refractivity contribution in [3.8, 4) is 11.5 Å². The summed E-state index contributed by atoms with van der Waals surface area (Å²) in [7, 11) is 0. The van der Waals surface area contributed by atoms with Gasteiger partial charge in [-0.1, -0.05) is 50.2 Å². The zero-order valence-corrected chi connectivity index (χ0v) is 17.5. The molecule has 0 saturated carbocycles. The van der Waals surface area contributed by atoms with Crippen LogP contribution in [0.5, 0.6) is 11.5 Å². The van der Waals surface area contributed by atoms with Gasteiger partial charge in [-0.2, -0.15) is 0 Å².